The summed E-state index contributed by atoms with van der Waals surface area (Å²) in [4.78, 5) is 3.45. The minimum Gasteiger partial charge on any atom is -0.355 e. The number of hydrogen-bond donors (Lipinski definition) is 1. The standard InChI is InChI=1S/C15H13N/c1-11-6-2-4-8-13(11)15-10-12-7-3-5-9-14(12)16-15/h2-10,16H,1H3. The average molecular weight is 207 g/mol. The zero-order valence-electron chi connectivity index (χ0n) is 9.20. The Morgan fingerprint density at radius 1 is 0.875 bits per heavy atom. The summed E-state index contributed by atoms with van der Waals surface area (Å²) in [6.07, 6.45) is 0. The first-order chi connectivity index (χ1) is 7.84. The molecular weight excluding hydrogens is 194 g/mol. The fourth-order valence-corrected chi connectivity index (χ4v) is 2.09. The molecule has 3 rings (SSSR count). The van der Waals surface area contributed by atoms with Crippen LogP contribution in [0.1, 0.15) is 5.56 Å². The lowest BCUT2D eigenvalue weighted by atomic mass is 10.1. The molecule has 1 heterocycles. The maximum Gasteiger partial charge on any atom is 0.0467 e. The largest absolute Gasteiger partial charge is 0.355 e. The first kappa shape index (κ1) is 9.22. The normalized spacial score (nSPS) is 10.8. The molecule has 0 spiro atoms. The Bertz CT molecular complexity index is 601. The van der Waals surface area contributed by atoms with Crippen LogP contribution in [0.5, 0.6) is 0 Å². The van der Waals surface area contributed by atoms with Gasteiger partial charge in [-0.2, -0.15) is 0 Å². The molecule has 0 aliphatic heterocycles. The molecule has 78 valence electrons. The van der Waals surface area contributed by atoms with Crippen molar-refractivity contribution in [3.63, 3.8) is 0 Å². The van der Waals surface area contributed by atoms with Gasteiger partial charge in [0.1, 0.15) is 0 Å². The predicted octanol–water partition coefficient (Wildman–Crippen LogP) is 4.14. The number of aromatic amines is 1. The van der Waals surface area contributed by atoms with Crippen molar-refractivity contribution in [1.29, 1.82) is 0 Å². The molecule has 3 aromatic rings. The van der Waals surface area contributed by atoms with Gasteiger partial charge in [-0.15, -0.1) is 0 Å². The van der Waals surface area contributed by atoms with Crippen LogP contribution in [0.4, 0.5) is 0 Å². The van der Waals surface area contributed by atoms with E-state index in [0.29, 0.717) is 0 Å². The Balaban J connectivity index is 2.23. The molecule has 2 aromatic carbocycles. The second-order valence-electron chi connectivity index (χ2n) is 4.09. The minimum absolute atomic E-state index is 1.19. The summed E-state index contributed by atoms with van der Waals surface area (Å²) in [5.74, 6) is 0. The van der Waals surface area contributed by atoms with Crippen molar-refractivity contribution in [1.82, 2.24) is 4.98 Å². The van der Waals surface area contributed by atoms with Crippen molar-refractivity contribution >= 4 is 10.9 Å². The lowest BCUT2D eigenvalue weighted by molar-refractivity contribution is 1.40. The third kappa shape index (κ3) is 1.41. The van der Waals surface area contributed by atoms with Crippen molar-refractivity contribution in [3.05, 3.63) is 60.2 Å². The summed E-state index contributed by atoms with van der Waals surface area (Å²) >= 11 is 0. The summed E-state index contributed by atoms with van der Waals surface area (Å²) in [5, 5.41) is 1.26. The van der Waals surface area contributed by atoms with Gasteiger partial charge in [0.25, 0.3) is 0 Å². The molecule has 0 saturated heterocycles. The Labute approximate surface area is 94.7 Å². The van der Waals surface area contributed by atoms with E-state index in [9.17, 15) is 0 Å². The highest BCUT2D eigenvalue weighted by Crippen LogP contribution is 2.26. The van der Waals surface area contributed by atoms with Crippen molar-refractivity contribution in [3.8, 4) is 11.3 Å². The topological polar surface area (TPSA) is 15.8 Å². The van der Waals surface area contributed by atoms with Gasteiger partial charge < -0.3 is 4.98 Å². The highest BCUT2D eigenvalue weighted by atomic mass is 14.7. The molecule has 0 bridgehead atoms. The van der Waals surface area contributed by atoms with Crippen LogP contribution >= 0.6 is 0 Å². The molecule has 1 aromatic heterocycles. The maximum absolute atomic E-state index is 3.45. The minimum atomic E-state index is 1.19. The van der Waals surface area contributed by atoms with Gasteiger partial charge in [0.2, 0.25) is 0 Å². The molecule has 1 heteroatoms. The lowest BCUT2D eigenvalue weighted by Crippen LogP contribution is -1.81. The van der Waals surface area contributed by atoms with Gasteiger partial charge in [-0.1, -0.05) is 42.5 Å². The number of hydrogen-bond acceptors (Lipinski definition) is 0. The quantitative estimate of drug-likeness (QED) is 0.617. The van der Waals surface area contributed by atoms with Crippen LogP contribution in [0.15, 0.2) is 54.6 Å². The maximum atomic E-state index is 3.45. The fraction of sp³-hybridized carbons (Fsp3) is 0.0667. The first-order valence-electron chi connectivity index (χ1n) is 5.48. The predicted molar refractivity (Wildman–Crippen MR) is 68.5 cm³/mol. The first-order valence-corrected chi connectivity index (χ1v) is 5.48. The highest BCUT2D eigenvalue weighted by molar-refractivity contribution is 5.86. The van der Waals surface area contributed by atoms with Crippen molar-refractivity contribution in [2.75, 3.05) is 0 Å². The van der Waals surface area contributed by atoms with Gasteiger partial charge >= 0.3 is 0 Å². The van der Waals surface area contributed by atoms with Crippen LogP contribution in [0, 0.1) is 6.92 Å². The Morgan fingerprint density at radius 2 is 1.62 bits per heavy atom. The van der Waals surface area contributed by atoms with E-state index in [1.54, 1.807) is 0 Å². The summed E-state index contributed by atoms with van der Waals surface area (Å²) in [7, 11) is 0. The molecule has 0 fully saturated rings. The third-order valence-corrected chi connectivity index (χ3v) is 2.97. The summed E-state index contributed by atoms with van der Waals surface area (Å²) in [6, 6.07) is 19.0. The van der Waals surface area contributed by atoms with Crippen LogP contribution in [0.2, 0.25) is 0 Å². The van der Waals surface area contributed by atoms with Gasteiger partial charge in [-0.05, 0) is 24.6 Å². The second-order valence-corrected chi connectivity index (χ2v) is 4.09. The molecule has 0 aliphatic carbocycles. The third-order valence-electron chi connectivity index (χ3n) is 2.97. The zero-order valence-corrected chi connectivity index (χ0v) is 9.20. The van der Waals surface area contributed by atoms with Gasteiger partial charge in [0.05, 0.1) is 0 Å². The van der Waals surface area contributed by atoms with E-state index < -0.39 is 0 Å². The molecule has 0 atom stereocenters. The molecule has 0 radical (unpaired) electrons. The molecule has 0 aliphatic rings. The van der Waals surface area contributed by atoms with Gasteiger partial charge in [0, 0.05) is 22.2 Å². The van der Waals surface area contributed by atoms with Crippen molar-refractivity contribution in [2.45, 2.75) is 6.92 Å². The molecular formula is C15H13N. The van der Waals surface area contributed by atoms with Crippen LogP contribution in [0.3, 0.4) is 0 Å². The highest BCUT2D eigenvalue weighted by Gasteiger charge is 2.04. The smallest absolute Gasteiger partial charge is 0.0467 e. The average Bonchev–Trinajstić information content (AvgIpc) is 2.73. The summed E-state index contributed by atoms with van der Waals surface area (Å²) in [6.45, 7) is 2.14. The van der Waals surface area contributed by atoms with Crippen LogP contribution in [-0.2, 0) is 0 Å². The van der Waals surface area contributed by atoms with Gasteiger partial charge in [-0.3, -0.25) is 0 Å². The van der Waals surface area contributed by atoms with E-state index in [1.165, 1.54) is 27.7 Å². The zero-order chi connectivity index (χ0) is 11.0. The molecule has 0 saturated carbocycles. The molecule has 16 heavy (non-hydrogen) atoms. The second kappa shape index (κ2) is 3.53. The SMILES string of the molecule is Cc1ccccc1-c1cc2ccccc2[nH]1. The van der Waals surface area contributed by atoms with E-state index in [2.05, 4.69) is 66.5 Å². The molecule has 1 N–H and O–H groups in total. The summed E-state index contributed by atoms with van der Waals surface area (Å²) < 4.78 is 0. The number of aromatic nitrogens is 1. The van der Waals surface area contributed by atoms with Crippen LogP contribution in [0.25, 0.3) is 22.2 Å². The number of nitrogens with one attached hydrogen (secondary N) is 1. The number of benzene rings is 2. The van der Waals surface area contributed by atoms with Crippen LogP contribution < -0.4 is 0 Å². The summed E-state index contributed by atoms with van der Waals surface area (Å²) in [5.41, 5.74) is 4.97. The number of fused-ring (bicyclic) bond motifs is 1. The Hall–Kier alpha value is -2.02. The van der Waals surface area contributed by atoms with E-state index in [4.69, 9.17) is 0 Å². The fourth-order valence-electron chi connectivity index (χ4n) is 2.09. The number of aryl methyl sites for hydroxylation is 1. The van der Waals surface area contributed by atoms with Gasteiger partial charge in [-0.25, -0.2) is 0 Å². The van der Waals surface area contributed by atoms with E-state index in [0.717, 1.165) is 0 Å². The monoisotopic (exact) mass is 207 g/mol. The van der Waals surface area contributed by atoms with E-state index in [-0.39, 0.29) is 0 Å². The molecule has 0 unspecified atom stereocenters. The number of para-hydroxylation sites is 1. The van der Waals surface area contributed by atoms with Crippen molar-refractivity contribution in [2.24, 2.45) is 0 Å². The Morgan fingerprint density at radius 3 is 2.44 bits per heavy atom. The molecule has 0 amide bonds. The van der Waals surface area contributed by atoms with Crippen LogP contribution in [-0.4, -0.2) is 4.98 Å². The number of H-pyrrole nitrogens is 1. The number of rotatable bonds is 1. The van der Waals surface area contributed by atoms with E-state index in [1.807, 2.05) is 0 Å². The lowest BCUT2D eigenvalue weighted by Gasteiger charge is -2.01. The van der Waals surface area contributed by atoms with Gasteiger partial charge in [0.15, 0.2) is 0 Å². The molecule has 1 nitrogen and oxygen atoms in total. The Kier molecular flexibility index (Phi) is 2.03. The van der Waals surface area contributed by atoms with E-state index >= 15 is 0 Å². The van der Waals surface area contributed by atoms with Crippen molar-refractivity contribution < 1.29 is 0 Å².